The van der Waals surface area contributed by atoms with E-state index >= 15 is 0 Å². The maximum absolute atomic E-state index is 12.2. The first-order valence-electron chi connectivity index (χ1n) is 8.68. The lowest BCUT2D eigenvalue weighted by molar-refractivity contribution is -0.862. The number of carbonyl (C=O) groups excluding carboxylic acids is 2. The van der Waals surface area contributed by atoms with Gasteiger partial charge in [0.15, 0.2) is 13.1 Å². The zero-order chi connectivity index (χ0) is 18.9. The molecule has 3 N–H and O–H groups in total. The molecular weight excluding hydrogens is 350 g/mol. The second-order valence-corrected chi connectivity index (χ2v) is 6.71. The molecule has 0 bridgehead atoms. The van der Waals surface area contributed by atoms with Gasteiger partial charge in [-0.15, -0.1) is 0 Å². The summed E-state index contributed by atoms with van der Waals surface area (Å²) in [6.07, 6.45) is 0.852. The summed E-state index contributed by atoms with van der Waals surface area (Å²) in [5, 5.41) is 6.41. The molecule has 2 amide bonds. The number of anilines is 1. The molecule has 0 heterocycles. The molecule has 138 valence electrons. The molecule has 0 spiro atoms. The number of rotatable bonds is 8. The summed E-state index contributed by atoms with van der Waals surface area (Å²) >= 11 is 5.93. The fourth-order valence-corrected chi connectivity index (χ4v) is 2.88. The van der Waals surface area contributed by atoms with Crippen molar-refractivity contribution in [2.45, 2.75) is 19.9 Å². The minimum Gasteiger partial charge on any atom is -0.347 e. The summed E-state index contributed by atoms with van der Waals surface area (Å²) in [6, 6.07) is 15.1. The maximum atomic E-state index is 12.2. The molecule has 0 aliphatic carbocycles. The van der Waals surface area contributed by atoms with Crippen LogP contribution in [-0.2, 0) is 22.6 Å². The summed E-state index contributed by atoms with van der Waals surface area (Å²) in [5.41, 5.74) is 2.87. The van der Waals surface area contributed by atoms with Crippen molar-refractivity contribution in [1.29, 1.82) is 0 Å². The number of amides is 2. The third-order valence-corrected chi connectivity index (χ3v) is 4.21. The Hall–Kier alpha value is -2.37. The molecule has 0 aliphatic rings. The molecule has 0 fully saturated rings. The number of benzene rings is 2. The Labute approximate surface area is 159 Å². The van der Waals surface area contributed by atoms with Crippen molar-refractivity contribution in [3.8, 4) is 0 Å². The second kappa shape index (κ2) is 9.94. The molecule has 2 aromatic rings. The van der Waals surface area contributed by atoms with Gasteiger partial charge in [-0.3, -0.25) is 9.59 Å². The molecule has 0 aromatic heterocycles. The van der Waals surface area contributed by atoms with Gasteiger partial charge in [0.05, 0.1) is 7.05 Å². The fourth-order valence-electron chi connectivity index (χ4n) is 2.67. The third-order valence-electron chi connectivity index (χ3n) is 3.98. The Kier molecular flexibility index (Phi) is 7.63. The van der Waals surface area contributed by atoms with Gasteiger partial charge in [-0.25, -0.2) is 0 Å². The van der Waals surface area contributed by atoms with Crippen molar-refractivity contribution in [2.75, 3.05) is 25.5 Å². The first kappa shape index (κ1) is 19.9. The number of quaternary nitrogens is 1. The van der Waals surface area contributed by atoms with E-state index in [1.165, 1.54) is 0 Å². The SMILES string of the molecule is CCc1ccccc1NC(=O)C[NH+](C)CC(=O)NCc1cccc(Cl)c1. The van der Waals surface area contributed by atoms with Gasteiger partial charge in [0.1, 0.15) is 0 Å². The first-order valence-corrected chi connectivity index (χ1v) is 9.06. The van der Waals surface area contributed by atoms with Gasteiger partial charge in [0.25, 0.3) is 11.8 Å². The van der Waals surface area contributed by atoms with E-state index in [0.717, 1.165) is 28.1 Å². The number of nitrogens with one attached hydrogen (secondary N) is 3. The lowest BCUT2D eigenvalue weighted by atomic mass is 10.1. The number of carbonyl (C=O) groups is 2. The van der Waals surface area contributed by atoms with E-state index in [9.17, 15) is 9.59 Å². The van der Waals surface area contributed by atoms with Crippen molar-refractivity contribution < 1.29 is 14.5 Å². The van der Waals surface area contributed by atoms with Crippen LogP contribution >= 0.6 is 11.6 Å². The molecule has 0 saturated carbocycles. The van der Waals surface area contributed by atoms with E-state index in [0.29, 0.717) is 11.6 Å². The highest BCUT2D eigenvalue weighted by atomic mass is 35.5. The predicted octanol–water partition coefficient (Wildman–Crippen LogP) is 1.67. The molecule has 6 heteroatoms. The zero-order valence-corrected chi connectivity index (χ0v) is 15.9. The number of likely N-dealkylation sites (N-methyl/N-ethyl adjacent to an activating group) is 1. The molecule has 0 saturated heterocycles. The van der Waals surface area contributed by atoms with Crippen LogP contribution < -0.4 is 15.5 Å². The van der Waals surface area contributed by atoms with E-state index in [1.54, 1.807) is 6.07 Å². The smallest absolute Gasteiger partial charge is 0.279 e. The maximum Gasteiger partial charge on any atom is 0.279 e. The minimum absolute atomic E-state index is 0.106. The second-order valence-electron chi connectivity index (χ2n) is 6.28. The normalized spacial score (nSPS) is 11.7. The summed E-state index contributed by atoms with van der Waals surface area (Å²) in [7, 11) is 1.82. The minimum atomic E-state index is -0.107. The molecular formula is C20H25ClN3O2+. The van der Waals surface area contributed by atoms with E-state index in [2.05, 4.69) is 10.6 Å². The molecule has 26 heavy (non-hydrogen) atoms. The lowest BCUT2D eigenvalue weighted by Gasteiger charge is -2.15. The predicted molar refractivity (Wildman–Crippen MR) is 104 cm³/mol. The fraction of sp³-hybridized carbons (Fsp3) is 0.300. The summed E-state index contributed by atoms with van der Waals surface area (Å²) in [4.78, 5) is 25.1. The van der Waals surface area contributed by atoms with E-state index < -0.39 is 0 Å². The Bertz CT molecular complexity index is 764. The topological polar surface area (TPSA) is 62.6 Å². The summed E-state index contributed by atoms with van der Waals surface area (Å²) in [6.45, 7) is 2.92. The van der Waals surface area contributed by atoms with E-state index in [4.69, 9.17) is 11.6 Å². The zero-order valence-electron chi connectivity index (χ0n) is 15.1. The van der Waals surface area contributed by atoms with E-state index in [-0.39, 0.29) is 24.9 Å². The van der Waals surface area contributed by atoms with Crippen LogP contribution in [0.15, 0.2) is 48.5 Å². The summed E-state index contributed by atoms with van der Waals surface area (Å²) < 4.78 is 0. The van der Waals surface area contributed by atoms with Crippen LogP contribution in [0.3, 0.4) is 0 Å². The third kappa shape index (κ3) is 6.50. The first-order chi connectivity index (χ1) is 12.5. The van der Waals surface area contributed by atoms with Gasteiger partial charge in [0, 0.05) is 17.3 Å². The number of hydrogen-bond donors (Lipinski definition) is 3. The van der Waals surface area contributed by atoms with Crippen LogP contribution in [0, 0.1) is 0 Å². The van der Waals surface area contributed by atoms with Crippen molar-refractivity contribution in [3.05, 3.63) is 64.7 Å². The van der Waals surface area contributed by atoms with Crippen LogP contribution in [0.2, 0.25) is 5.02 Å². The van der Waals surface area contributed by atoms with Gasteiger partial charge < -0.3 is 15.5 Å². The van der Waals surface area contributed by atoms with Crippen LogP contribution in [-0.4, -0.2) is 32.0 Å². The Morgan fingerprint density at radius 3 is 2.50 bits per heavy atom. The quantitative estimate of drug-likeness (QED) is 0.658. The van der Waals surface area contributed by atoms with Crippen LogP contribution in [0.4, 0.5) is 5.69 Å². The highest BCUT2D eigenvalue weighted by molar-refractivity contribution is 6.30. The van der Waals surface area contributed by atoms with Crippen LogP contribution in [0.1, 0.15) is 18.1 Å². The van der Waals surface area contributed by atoms with Crippen molar-refractivity contribution in [1.82, 2.24) is 5.32 Å². The molecule has 2 rings (SSSR count). The highest BCUT2D eigenvalue weighted by Gasteiger charge is 2.15. The number of halogens is 1. The molecule has 0 radical (unpaired) electrons. The Morgan fingerprint density at radius 2 is 1.77 bits per heavy atom. The summed E-state index contributed by atoms with van der Waals surface area (Å²) in [5.74, 6) is -0.213. The average molecular weight is 375 g/mol. The average Bonchev–Trinajstić information content (AvgIpc) is 2.60. The molecule has 0 aliphatic heterocycles. The van der Waals surface area contributed by atoms with Crippen molar-refractivity contribution in [3.63, 3.8) is 0 Å². The monoisotopic (exact) mass is 374 g/mol. The highest BCUT2D eigenvalue weighted by Crippen LogP contribution is 2.14. The van der Waals surface area contributed by atoms with Gasteiger partial charge in [0.2, 0.25) is 0 Å². The van der Waals surface area contributed by atoms with Crippen molar-refractivity contribution in [2.24, 2.45) is 0 Å². The van der Waals surface area contributed by atoms with Gasteiger partial charge in [-0.1, -0.05) is 48.9 Å². The van der Waals surface area contributed by atoms with Crippen LogP contribution in [0.25, 0.3) is 0 Å². The van der Waals surface area contributed by atoms with Gasteiger partial charge >= 0.3 is 0 Å². The van der Waals surface area contributed by atoms with E-state index in [1.807, 2.05) is 56.4 Å². The van der Waals surface area contributed by atoms with Gasteiger partial charge in [-0.2, -0.15) is 0 Å². The van der Waals surface area contributed by atoms with Crippen molar-refractivity contribution >= 4 is 29.1 Å². The molecule has 2 aromatic carbocycles. The van der Waals surface area contributed by atoms with Gasteiger partial charge in [-0.05, 0) is 35.7 Å². The molecule has 1 atom stereocenters. The standard InChI is InChI=1S/C20H24ClN3O2/c1-3-16-8-4-5-10-18(16)23-20(26)14-24(2)13-19(25)22-12-15-7-6-9-17(21)11-15/h4-11H,3,12-14H2,1-2H3,(H,22,25)(H,23,26)/p+1. The Morgan fingerprint density at radius 1 is 1.04 bits per heavy atom. The number of para-hydroxylation sites is 1. The Balaban J connectivity index is 1.77. The van der Waals surface area contributed by atoms with Crippen LogP contribution in [0.5, 0.6) is 0 Å². The molecule has 5 nitrogen and oxygen atoms in total. The number of hydrogen-bond acceptors (Lipinski definition) is 2. The lowest BCUT2D eigenvalue weighted by Crippen LogP contribution is -3.11. The largest absolute Gasteiger partial charge is 0.347 e. The number of aryl methyl sites for hydroxylation is 1. The molecule has 1 unspecified atom stereocenters.